The number of esters is 1. The van der Waals surface area contributed by atoms with Crippen LogP contribution >= 0.6 is 27.7 Å². The number of ether oxygens (including phenoxy) is 1. The van der Waals surface area contributed by atoms with Crippen molar-refractivity contribution in [2.75, 3.05) is 18.1 Å². The summed E-state index contributed by atoms with van der Waals surface area (Å²) in [5.41, 5.74) is 6.54. The Morgan fingerprint density at radius 3 is 3.00 bits per heavy atom. The van der Waals surface area contributed by atoms with Crippen molar-refractivity contribution in [2.45, 2.75) is 18.2 Å². The fraction of sp³-hybridized carbons (Fsp3) is 0.364. The van der Waals surface area contributed by atoms with E-state index in [1.54, 1.807) is 18.7 Å². The molecule has 0 aliphatic heterocycles. The molecule has 2 N–H and O–H groups in total. The molecule has 3 nitrogen and oxygen atoms in total. The summed E-state index contributed by atoms with van der Waals surface area (Å²) >= 11 is 4.94. The summed E-state index contributed by atoms with van der Waals surface area (Å²) in [4.78, 5) is 12.1. The highest BCUT2D eigenvalue weighted by atomic mass is 79.9. The summed E-state index contributed by atoms with van der Waals surface area (Å²) < 4.78 is 5.83. The van der Waals surface area contributed by atoms with Crippen LogP contribution in [-0.2, 0) is 9.53 Å². The number of halogens is 1. The van der Waals surface area contributed by atoms with E-state index in [4.69, 9.17) is 10.5 Å². The third-order valence-corrected chi connectivity index (χ3v) is 3.41. The lowest BCUT2D eigenvalue weighted by Gasteiger charge is -2.05. The summed E-state index contributed by atoms with van der Waals surface area (Å²) in [6.45, 7) is 2.24. The molecule has 1 aromatic carbocycles. The first-order chi connectivity index (χ1) is 7.63. The summed E-state index contributed by atoms with van der Waals surface area (Å²) in [5, 5.41) is 0. The first-order valence-corrected chi connectivity index (χ1v) is 6.74. The zero-order valence-electron chi connectivity index (χ0n) is 9.03. The van der Waals surface area contributed by atoms with E-state index in [-0.39, 0.29) is 5.97 Å². The van der Waals surface area contributed by atoms with Crippen LogP contribution in [0.3, 0.4) is 0 Å². The van der Waals surface area contributed by atoms with Crippen molar-refractivity contribution >= 4 is 39.3 Å². The van der Waals surface area contributed by atoms with E-state index in [1.165, 1.54) is 0 Å². The van der Waals surface area contributed by atoms with E-state index in [1.807, 2.05) is 18.2 Å². The van der Waals surface area contributed by atoms with Crippen LogP contribution < -0.4 is 5.73 Å². The zero-order valence-corrected chi connectivity index (χ0v) is 11.4. The quantitative estimate of drug-likeness (QED) is 0.516. The van der Waals surface area contributed by atoms with E-state index >= 15 is 0 Å². The van der Waals surface area contributed by atoms with E-state index in [9.17, 15) is 4.79 Å². The minimum atomic E-state index is -0.163. The molecule has 0 saturated carbocycles. The number of nitrogen functional groups attached to an aromatic ring is 1. The monoisotopic (exact) mass is 303 g/mol. The van der Waals surface area contributed by atoms with Gasteiger partial charge in [-0.2, -0.15) is 0 Å². The molecule has 5 heteroatoms. The van der Waals surface area contributed by atoms with Crippen molar-refractivity contribution < 1.29 is 9.53 Å². The molecule has 88 valence electrons. The molecule has 0 amide bonds. The molecular formula is C11H14BrNO2S. The number of carbonyl (C=O) groups is 1. The second-order valence-corrected chi connectivity index (χ2v) is 5.14. The highest BCUT2D eigenvalue weighted by molar-refractivity contribution is 9.10. The van der Waals surface area contributed by atoms with Gasteiger partial charge in [0.15, 0.2) is 0 Å². The Kier molecular flexibility index (Phi) is 5.69. The van der Waals surface area contributed by atoms with Gasteiger partial charge in [-0.25, -0.2) is 0 Å². The zero-order chi connectivity index (χ0) is 12.0. The number of thioether (sulfide) groups is 1. The highest BCUT2D eigenvalue weighted by Gasteiger charge is 2.04. The first-order valence-electron chi connectivity index (χ1n) is 4.97. The lowest BCUT2D eigenvalue weighted by atomic mass is 10.3. The van der Waals surface area contributed by atoms with Crippen LogP contribution in [0.2, 0.25) is 0 Å². The van der Waals surface area contributed by atoms with Crippen molar-refractivity contribution in [1.82, 2.24) is 0 Å². The molecule has 0 bridgehead atoms. The average Bonchev–Trinajstić information content (AvgIpc) is 2.23. The van der Waals surface area contributed by atoms with Crippen molar-refractivity contribution in [2.24, 2.45) is 0 Å². The normalized spacial score (nSPS) is 10.1. The van der Waals surface area contributed by atoms with Gasteiger partial charge in [-0.05, 0) is 25.1 Å². The van der Waals surface area contributed by atoms with Crippen LogP contribution in [-0.4, -0.2) is 18.3 Å². The van der Waals surface area contributed by atoms with Gasteiger partial charge in [0.25, 0.3) is 0 Å². The minimum absolute atomic E-state index is 0.163. The molecule has 0 atom stereocenters. The van der Waals surface area contributed by atoms with E-state index in [0.29, 0.717) is 18.8 Å². The molecule has 0 radical (unpaired) electrons. The molecule has 0 saturated heterocycles. The lowest BCUT2D eigenvalue weighted by molar-refractivity contribution is -0.142. The van der Waals surface area contributed by atoms with Crippen molar-refractivity contribution in [3.8, 4) is 0 Å². The number of anilines is 1. The molecule has 0 spiro atoms. The number of carbonyl (C=O) groups excluding carboxylic acids is 1. The maximum absolute atomic E-state index is 11.1. The molecule has 16 heavy (non-hydrogen) atoms. The van der Waals surface area contributed by atoms with Gasteiger partial charge in [-0.15, -0.1) is 11.8 Å². The Balaban J connectivity index is 2.42. The molecule has 0 heterocycles. The second kappa shape index (κ2) is 6.81. The maximum atomic E-state index is 11.1. The van der Waals surface area contributed by atoms with E-state index in [0.717, 1.165) is 15.1 Å². The van der Waals surface area contributed by atoms with Gasteiger partial charge in [-0.1, -0.05) is 15.9 Å². The van der Waals surface area contributed by atoms with Crippen LogP contribution in [0.5, 0.6) is 0 Å². The van der Waals surface area contributed by atoms with Gasteiger partial charge in [0.2, 0.25) is 0 Å². The Morgan fingerprint density at radius 1 is 1.56 bits per heavy atom. The Bertz CT molecular complexity index is 371. The highest BCUT2D eigenvalue weighted by Crippen LogP contribution is 2.28. The third-order valence-electron chi connectivity index (χ3n) is 1.84. The van der Waals surface area contributed by atoms with Crippen molar-refractivity contribution in [3.63, 3.8) is 0 Å². The van der Waals surface area contributed by atoms with Gasteiger partial charge in [0, 0.05) is 20.8 Å². The molecule has 0 aromatic heterocycles. The fourth-order valence-corrected chi connectivity index (χ4v) is 2.56. The summed E-state index contributed by atoms with van der Waals surface area (Å²) in [7, 11) is 0. The topological polar surface area (TPSA) is 52.3 Å². The Labute approximate surface area is 108 Å². The summed E-state index contributed by atoms with van der Waals surface area (Å²) in [5.74, 6) is 0.517. The van der Waals surface area contributed by atoms with Crippen LogP contribution in [0.1, 0.15) is 13.3 Å². The molecule has 0 aliphatic rings. The molecular weight excluding hydrogens is 290 g/mol. The number of hydrogen-bond donors (Lipinski definition) is 1. The standard InChI is InChI=1S/C11H14BrNO2S/c1-2-15-11(14)5-6-16-10-7-8(12)3-4-9(10)13/h3-4,7H,2,5-6,13H2,1H3. The molecule has 1 aromatic rings. The Morgan fingerprint density at radius 2 is 2.31 bits per heavy atom. The third kappa shape index (κ3) is 4.45. The lowest BCUT2D eigenvalue weighted by Crippen LogP contribution is -2.04. The number of nitrogens with two attached hydrogens (primary N) is 1. The summed E-state index contributed by atoms with van der Waals surface area (Å²) in [6.07, 6.45) is 0.407. The first kappa shape index (κ1) is 13.4. The molecule has 0 unspecified atom stereocenters. The summed E-state index contributed by atoms with van der Waals surface area (Å²) in [6, 6.07) is 5.69. The average molecular weight is 304 g/mol. The SMILES string of the molecule is CCOC(=O)CCSc1cc(Br)ccc1N. The van der Waals surface area contributed by atoms with Gasteiger partial charge in [0.05, 0.1) is 13.0 Å². The van der Waals surface area contributed by atoms with E-state index in [2.05, 4.69) is 15.9 Å². The van der Waals surface area contributed by atoms with Gasteiger partial charge >= 0.3 is 5.97 Å². The van der Waals surface area contributed by atoms with Crippen molar-refractivity contribution in [3.05, 3.63) is 22.7 Å². The number of rotatable bonds is 5. The van der Waals surface area contributed by atoms with Gasteiger partial charge in [0.1, 0.15) is 0 Å². The molecule has 1 rings (SSSR count). The molecule has 0 fully saturated rings. The minimum Gasteiger partial charge on any atom is -0.466 e. The fourth-order valence-electron chi connectivity index (χ4n) is 1.11. The second-order valence-electron chi connectivity index (χ2n) is 3.09. The Hall–Kier alpha value is -0.680. The predicted molar refractivity (Wildman–Crippen MR) is 70.5 cm³/mol. The van der Waals surface area contributed by atoms with Gasteiger partial charge in [-0.3, -0.25) is 4.79 Å². The van der Waals surface area contributed by atoms with E-state index < -0.39 is 0 Å². The largest absolute Gasteiger partial charge is 0.466 e. The van der Waals surface area contributed by atoms with Crippen molar-refractivity contribution in [1.29, 1.82) is 0 Å². The smallest absolute Gasteiger partial charge is 0.306 e. The van der Waals surface area contributed by atoms with Crippen LogP contribution in [0, 0.1) is 0 Å². The number of hydrogen-bond acceptors (Lipinski definition) is 4. The number of benzene rings is 1. The molecule has 0 aliphatic carbocycles. The van der Waals surface area contributed by atoms with Crippen LogP contribution in [0.15, 0.2) is 27.6 Å². The van der Waals surface area contributed by atoms with Gasteiger partial charge < -0.3 is 10.5 Å². The maximum Gasteiger partial charge on any atom is 0.306 e. The van der Waals surface area contributed by atoms with Crippen LogP contribution in [0.4, 0.5) is 5.69 Å². The predicted octanol–water partition coefficient (Wildman–Crippen LogP) is 3.08. The van der Waals surface area contributed by atoms with Crippen LogP contribution in [0.25, 0.3) is 0 Å².